The number of aryl methyl sites for hydroxylation is 2. The Hall–Kier alpha value is -1.84. The maximum Gasteiger partial charge on any atom is 0.417 e. The molecule has 0 unspecified atom stereocenters. The molecule has 140 valence electrons. The summed E-state index contributed by atoms with van der Waals surface area (Å²) in [6, 6.07) is 0.845. The van der Waals surface area contributed by atoms with E-state index in [1.807, 2.05) is 0 Å². The summed E-state index contributed by atoms with van der Waals surface area (Å²) in [6.45, 7) is 4.53. The first-order valence-electron chi connectivity index (χ1n) is 7.72. The summed E-state index contributed by atoms with van der Waals surface area (Å²) in [7, 11) is -1.84. The maximum atomic E-state index is 13.3. The third-order valence-corrected chi connectivity index (χ3v) is 6.36. The number of fused-ring (bicyclic) bond motifs is 1. The van der Waals surface area contributed by atoms with E-state index in [-0.39, 0.29) is 30.1 Å². The summed E-state index contributed by atoms with van der Waals surface area (Å²) in [5, 5.41) is -1.04. The molecule has 0 saturated heterocycles. The van der Waals surface area contributed by atoms with Gasteiger partial charge in [-0.2, -0.15) is 13.2 Å². The Balaban J connectivity index is 2.48. The largest absolute Gasteiger partial charge is 0.417 e. The fourth-order valence-electron chi connectivity index (χ4n) is 2.61. The molecule has 2 rings (SSSR count). The molecule has 0 atom stereocenters. The number of nitrogens with zero attached hydrogens (tertiary/aromatic N) is 3. The van der Waals surface area contributed by atoms with E-state index in [4.69, 9.17) is 0 Å². The number of hydrogen-bond donors (Lipinski definition) is 0. The highest BCUT2D eigenvalue weighted by Crippen LogP contribution is 2.33. The normalized spacial score (nSPS) is 13.1. The Morgan fingerprint density at radius 2 is 1.88 bits per heavy atom. The molecule has 0 N–H and O–H groups in total. The average molecular weight is 379 g/mol. The van der Waals surface area contributed by atoms with Crippen molar-refractivity contribution in [2.45, 2.75) is 45.2 Å². The summed E-state index contributed by atoms with van der Waals surface area (Å²) in [5.41, 5.74) is -1.76. The van der Waals surface area contributed by atoms with Crippen molar-refractivity contribution < 1.29 is 21.6 Å². The van der Waals surface area contributed by atoms with Crippen molar-refractivity contribution in [2.24, 2.45) is 7.05 Å². The fraction of sp³-hybridized carbons (Fsp3) is 0.600. The van der Waals surface area contributed by atoms with Crippen LogP contribution < -0.4 is 5.56 Å². The van der Waals surface area contributed by atoms with Crippen LogP contribution in [0, 0.1) is 6.92 Å². The summed E-state index contributed by atoms with van der Waals surface area (Å²) < 4.78 is 65.8. The molecule has 0 saturated carbocycles. The van der Waals surface area contributed by atoms with Crippen molar-refractivity contribution in [1.82, 2.24) is 14.3 Å². The maximum absolute atomic E-state index is 13.3. The third kappa shape index (κ3) is 3.73. The molecule has 2 aromatic rings. The minimum absolute atomic E-state index is 0.00596. The van der Waals surface area contributed by atoms with E-state index in [2.05, 4.69) is 4.98 Å². The van der Waals surface area contributed by atoms with Crippen molar-refractivity contribution in [1.29, 1.82) is 0 Å². The highest BCUT2D eigenvalue weighted by Gasteiger charge is 2.36. The third-order valence-electron chi connectivity index (χ3n) is 4.07. The van der Waals surface area contributed by atoms with Crippen LogP contribution in [-0.4, -0.2) is 33.8 Å². The number of pyridine rings is 1. The SMILES string of the molecule is Cc1cc(C(F)(F)F)c2c(=O)n(CCCS(=O)(=O)C(C)C)n(C)c2n1. The fourth-order valence-corrected chi connectivity index (χ4v) is 3.61. The molecule has 2 heterocycles. The predicted octanol–water partition coefficient (Wildman–Crippen LogP) is 2.28. The minimum atomic E-state index is -4.68. The lowest BCUT2D eigenvalue weighted by Crippen LogP contribution is -2.25. The molecule has 0 bridgehead atoms. The Kier molecular flexibility index (Phi) is 5.04. The van der Waals surface area contributed by atoms with Crippen molar-refractivity contribution in [3.05, 3.63) is 27.7 Å². The summed E-state index contributed by atoms with van der Waals surface area (Å²) >= 11 is 0. The zero-order chi connectivity index (χ0) is 19.2. The van der Waals surface area contributed by atoms with E-state index in [9.17, 15) is 26.4 Å². The van der Waals surface area contributed by atoms with Gasteiger partial charge in [0.25, 0.3) is 5.56 Å². The molecule has 0 aromatic carbocycles. The van der Waals surface area contributed by atoms with Gasteiger partial charge >= 0.3 is 6.18 Å². The zero-order valence-electron chi connectivity index (χ0n) is 14.4. The average Bonchev–Trinajstić information content (AvgIpc) is 2.70. The number of halogens is 3. The molecule has 0 spiro atoms. The van der Waals surface area contributed by atoms with Crippen LogP contribution in [0.2, 0.25) is 0 Å². The molecule has 0 aliphatic rings. The van der Waals surface area contributed by atoms with E-state index in [1.54, 1.807) is 13.8 Å². The first kappa shape index (κ1) is 19.5. The molecule has 0 amide bonds. The second-order valence-corrected chi connectivity index (χ2v) is 8.91. The first-order valence-corrected chi connectivity index (χ1v) is 9.43. The van der Waals surface area contributed by atoms with E-state index in [0.29, 0.717) is 0 Å². The first-order chi connectivity index (χ1) is 11.4. The van der Waals surface area contributed by atoms with E-state index in [0.717, 1.165) is 10.7 Å². The molecular weight excluding hydrogens is 359 g/mol. The molecular formula is C15H20F3N3O3S. The van der Waals surface area contributed by atoms with Gasteiger partial charge in [0.15, 0.2) is 15.5 Å². The van der Waals surface area contributed by atoms with Crippen LogP contribution in [-0.2, 0) is 29.6 Å². The lowest BCUT2D eigenvalue weighted by Gasteiger charge is -2.10. The lowest BCUT2D eigenvalue weighted by atomic mass is 10.1. The number of aromatic nitrogens is 3. The molecule has 25 heavy (non-hydrogen) atoms. The standard InChI is InChI=1S/C15H20F3N3O3S/c1-9(2)25(23,24)7-5-6-21-14(22)12-11(15(16,17)18)8-10(3)19-13(12)20(21)4/h8-9H,5-7H2,1-4H3. The van der Waals surface area contributed by atoms with Gasteiger partial charge in [0.05, 0.1) is 22.0 Å². The second-order valence-electron chi connectivity index (χ2n) is 6.23. The Morgan fingerprint density at radius 3 is 2.40 bits per heavy atom. The quantitative estimate of drug-likeness (QED) is 0.799. The van der Waals surface area contributed by atoms with Gasteiger partial charge in [0, 0.05) is 19.3 Å². The summed E-state index contributed by atoms with van der Waals surface area (Å²) in [5.74, 6) is -0.142. The van der Waals surface area contributed by atoms with Crippen LogP contribution in [0.15, 0.2) is 10.9 Å². The monoisotopic (exact) mass is 379 g/mol. The Labute approximate surface area is 143 Å². The van der Waals surface area contributed by atoms with Crippen LogP contribution in [0.3, 0.4) is 0 Å². The van der Waals surface area contributed by atoms with Gasteiger partial charge < -0.3 is 0 Å². The Morgan fingerprint density at radius 1 is 1.28 bits per heavy atom. The number of rotatable bonds is 5. The molecule has 0 aliphatic carbocycles. The van der Waals surface area contributed by atoms with Gasteiger partial charge in [-0.1, -0.05) is 0 Å². The summed E-state index contributed by atoms with van der Waals surface area (Å²) in [6.07, 6.45) is -4.55. The van der Waals surface area contributed by atoms with Crippen molar-refractivity contribution in [3.8, 4) is 0 Å². The molecule has 6 nitrogen and oxygen atoms in total. The molecule has 0 aliphatic heterocycles. The molecule has 0 fully saturated rings. The molecule has 0 radical (unpaired) electrons. The summed E-state index contributed by atoms with van der Waals surface area (Å²) in [4.78, 5) is 16.5. The van der Waals surface area contributed by atoms with Crippen LogP contribution in [0.5, 0.6) is 0 Å². The lowest BCUT2D eigenvalue weighted by molar-refractivity contribution is -0.136. The second kappa shape index (κ2) is 6.47. The number of hydrogen-bond acceptors (Lipinski definition) is 4. The van der Waals surface area contributed by atoms with Crippen LogP contribution in [0.1, 0.15) is 31.5 Å². The minimum Gasteiger partial charge on any atom is -0.268 e. The highest BCUT2D eigenvalue weighted by molar-refractivity contribution is 7.91. The van der Waals surface area contributed by atoms with E-state index in [1.165, 1.54) is 18.7 Å². The highest BCUT2D eigenvalue weighted by atomic mass is 32.2. The van der Waals surface area contributed by atoms with Gasteiger partial charge in [-0.25, -0.2) is 18.1 Å². The smallest absolute Gasteiger partial charge is 0.268 e. The Bertz CT molecular complexity index is 956. The van der Waals surface area contributed by atoms with Crippen molar-refractivity contribution in [2.75, 3.05) is 5.75 Å². The molecule has 2 aromatic heterocycles. The van der Waals surface area contributed by atoms with E-state index < -0.39 is 37.8 Å². The van der Waals surface area contributed by atoms with Gasteiger partial charge in [0.2, 0.25) is 0 Å². The number of sulfone groups is 1. The van der Waals surface area contributed by atoms with Crippen LogP contribution in [0.4, 0.5) is 13.2 Å². The zero-order valence-corrected chi connectivity index (χ0v) is 15.2. The number of alkyl halides is 3. The van der Waals surface area contributed by atoms with Crippen molar-refractivity contribution >= 4 is 20.9 Å². The molecule has 10 heteroatoms. The van der Waals surface area contributed by atoms with Crippen molar-refractivity contribution in [3.63, 3.8) is 0 Å². The van der Waals surface area contributed by atoms with Crippen LogP contribution >= 0.6 is 0 Å². The predicted molar refractivity (Wildman–Crippen MR) is 88.3 cm³/mol. The van der Waals surface area contributed by atoms with Crippen LogP contribution in [0.25, 0.3) is 11.0 Å². The van der Waals surface area contributed by atoms with Gasteiger partial charge in [0.1, 0.15) is 0 Å². The van der Waals surface area contributed by atoms with Gasteiger partial charge in [-0.05, 0) is 33.3 Å². The van der Waals surface area contributed by atoms with Gasteiger partial charge in [-0.3, -0.25) is 9.48 Å². The van der Waals surface area contributed by atoms with E-state index >= 15 is 0 Å². The van der Waals surface area contributed by atoms with Gasteiger partial charge in [-0.15, -0.1) is 0 Å². The topological polar surface area (TPSA) is 74.0 Å².